The minimum absolute atomic E-state index is 0.273. The summed E-state index contributed by atoms with van der Waals surface area (Å²) in [5.41, 5.74) is 2.36. The number of alkyl halides is 1. The van der Waals surface area contributed by atoms with Crippen molar-refractivity contribution in [2.45, 2.75) is 38.6 Å². The smallest absolute Gasteiger partial charge is 0.232 e. The van der Waals surface area contributed by atoms with Gasteiger partial charge in [0.15, 0.2) is 0 Å². The molecule has 5 rings (SSSR count). The highest BCUT2D eigenvalue weighted by Crippen LogP contribution is 2.44. The molecule has 1 N–H and O–H groups in total. The van der Waals surface area contributed by atoms with Gasteiger partial charge in [0.25, 0.3) is 0 Å². The minimum atomic E-state index is -1.25. The van der Waals surface area contributed by atoms with Gasteiger partial charge in [-0.05, 0) is 37.4 Å². The number of ether oxygens (including phenoxy) is 3. The fourth-order valence-corrected chi connectivity index (χ4v) is 6.37. The Bertz CT molecular complexity index is 1380. The highest BCUT2D eigenvalue weighted by molar-refractivity contribution is 6.76. The van der Waals surface area contributed by atoms with Crippen LogP contribution in [0.25, 0.3) is 22.2 Å². The van der Waals surface area contributed by atoms with Gasteiger partial charge in [-0.2, -0.15) is 0 Å². The van der Waals surface area contributed by atoms with E-state index in [2.05, 4.69) is 41.8 Å². The zero-order chi connectivity index (χ0) is 30.0. The second-order valence-electron chi connectivity index (χ2n) is 12.7. The molecule has 3 atom stereocenters. The zero-order valence-corrected chi connectivity index (χ0v) is 26.7. The molecule has 1 aliphatic heterocycles. The zero-order valence-electron chi connectivity index (χ0n) is 25.7. The van der Waals surface area contributed by atoms with Gasteiger partial charge in [-0.3, -0.25) is 4.79 Å². The number of piperazine rings is 1. The quantitative estimate of drug-likeness (QED) is 0.237. The summed E-state index contributed by atoms with van der Waals surface area (Å²) in [6.45, 7) is 12.3. The summed E-state index contributed by atoms with van der Waals surface area (Å²) in [4.78, 5) is 22.5. The number of benzene rings is 1. The van der Waals surface area contributed by atoms with Crippen LogP contribution in [0.3, 0.4) is 0 Å². The average Bonchev–Trinajstić information content (AvgIpc) is 3.46. The van der Waals surface area contributed by atoms with E-state index >= 15 is 0 Å². The molecule has 0 bridgehead atoms. The summed E-state index contributed by atoms with van der Waals surface area (Å²) in [5.74, 6) is 0.520. The van der Waals surface area contributed by atoms with Gasteiger partial charge < -0.3 is 33.9 Å². The molecule has 0 radical (unpaired) electrons. The van der Waals surface area contributed by atoms with Crippen molar-refractivity contribution in [2.75, 3.05) is 65.9 Å². The van der Waals surface area contributed by atoms with E-state index < -0.39 is 20.2 Å². The van der Waals surface area contributed by atoms with Gasteiger partial charge in [0.05, 0.1) is 25.7 Å². The number of pyridine rings is 1. The van der Waals surface area contributed by atoms with E-state index in [9.17, 15) is 9.18 Å². The number of hydrogen-bond donors (Lipinski definition) is 1. The van der Waals surface area contributed by atoms with E-state index in [1.54, 1.807) is 20.3 Å². The second-order valence-corrected chi connectivity index (χ2v) is 18.3. The largest absolute Gasteiger partial charge is 0.496 e. The summed E-state index contributed by atoms with van der Waals surface area (Å²) in [7, 11) is 4.12. The van der Waals surface area contributed by atoms with Crippen LogP contribution in [0.5, 0.6) is 11.5 Å². The molecule has 11 heteroatoms. The highest BCUT2D eigenvalue weighted by Gasteiger charge is 2.56. The molecular weight excluding hydrogens is 553 g/mol. The van der Waals surface area contributed by atoms with Crippen molar-refractivity contribution >= 4 is 30.8 Å². The van der Waals surface area contributed by atoms with E-state index in [4.69, 9.17) is 19.2 Å². The van der Waals surface area contributed by atoms with Gasteiger partial charge in [-0.15, -0.1) is 0 Å². The third kappa shape index (κ3) is 6.80. The first-order chi connectivity index (χ1) is 20.1. The van der Waals surface area contributed by atoms with E-state index in [1.807, 2.05) is 35.0 Å². The lowest BCUT2D eigenvalue weighted by atomic mass is 10.0. The molecule has 2 unspecified atom stereocenters. The number of nitrogens with one attached hydrogen (secondary N) is 1. The van der Waals surface area contributed by atoms with Gasteiger partial charge in [-0.25, -0.2) is 9.37 Å². The van der Waals surface area contributed by atoms with Gasteiger partial charge in [0.1, 0.15) is 35.9 Å². The Morgan fingerprint density at radius 1 is 1.07 bits per heavy atom. The molecule has 1 saturated heterocycles. The molecule has 9 nitrogen and oxygen atoms in total. The lowest BCUT2D eigenvalue weighted by molar-refractivity contribution is -0.118. The number of carbonyl (C=O) groups is 1. The van der Waals surface area contributed by atoms with E-state index in [0.29, 0.717) is 42.8 Å². The number of halogens is 1. The van der Waals surface area contributed by atoms with E-state index in [1.165, 1.54) is 0 Å². The minimum Gasteiger partial charge on any atom is -0.496 e. The first kappa shape index (κ1) is 30.5. The molecule has 0 spiro atoms. The summed E-state index contributed by atoms with van der Waals surface area (Å²) in [6.07, 6.45) is 0.865. The number of rotatable bonds is 12. The molecule has 1 saturated carbocycles. The Balaban J connectivity index is 1.38. The number of likely N-dealkylation sites (N-methyl/N-ethyl adjacent to an activating group) is 1. The van der Waals surface area contributed by atoms with E-state index in [0.717, 1.165) is 48.7 Å². The topological polar surface area (TPSA) is 81.1 Å². The SMILES string of the molecule is COc1cccc(OC)c1-c1cn(COCC[Si](C)(C)C)c2nc(NC(=O)C3C(CN4CCN(C)CC4)[C@@H]3F)ccc12. The van der Waals surface area contributed by atoms with Crippen molar-refractivity contribution in [2.24, 2.45) is 11.8 Å². The van der Waals surface area contributed by atoms with Crippen LogP contribution in [-0.2, 0) is 16.3 Å². The number of fused-ring (bicyclic) bond motifs is 1. The lowest BCUT2D eigenvalue weighted by Crippen LogP contribution is -2.45. The predicted molar refractivity (Wildman–Crippen MR) is 167 cm³/mol. The van der Waals surface area contributed by atoms with Crippen molar-refractivity contribution < 1.29 is 23.4 Å². The standard InChI is InChI=1S/C31H44FN5O4Si/c1-35-12-14-36(15-13-35)18-23-28(29(23)32)31(38)34-26-11-10-21-22(27-24(39-2)8-7-9-25(27)40-3)19-37(30(21)33-26)20-41-16-17-42(4,5)6/h7-11,19,23,28-29H,12-18,20H2,1-6H3,(H,33,34,38)/t23?,28?,29-/m0/s1. The molecule has 2 aromatic heterocycles. The van der Waals surface area contributed by atoms with Crippen molar-refractivity contribution in [1.82, 2.24) is 19.4 Å². The van der Waals surface area contributed by atoms with Crippen LogP contribution in [0, 0.1) is 11.8 Å². The number of anilines is 1. The van der Waals surface area contributed by atoms with Crippen LogP contribution in [0.4, 0.5) is 10.2 Å². The Kier molecular flexibility index (Phi) is 9.22. The van der Waals surface area contributed by atoms with Crippen LogP contribution in [0.1, 0.15) is 0 Å². The van der Waals surface area contributed by atoms with Crippen molar-refractivity contribution in [3.63, 3.8) is 0 Å². The van der Waals surface area contributed by atoms with Gasteiger partial charge in [-0.1, -0.05) is 25.7 Å². The van der Waals surface area contributed by atoms with Crippen molar-refractivity contribution in [3.8, 4) is 22.6 Å². The lowest BCUT2D eigenvalue weighted by Gasteiger charge is -2.32. The highest BCUT2D eigenvalue weighted by atomic mass is 28.3. The molecule has 3 heterocycles. The first-order valence-corrected chi connectivity index (χ1v) is 18.4. The summed E-state index contributed by atoms with van der Waals surface area (Å²) in [5, 5.41) is 3.76. The average molecular weight is 598 g/mol. The number of amides is 1. The van der Waals surface area contributed by atoms with Crippen LogP contribution in [0.2, 0.25) is 25.7 Å². The Hall–Kier alpha value is -2.99. The molecule has 1 aromatic carbocycles. The fourth-order valence-electron chi connectivity index (χ4n) is 5.61. The number of hydrogen-bond acceptors (Lipinski definition) is 7. The molecule has 1 aliphatic carbocycles. The van der Waals surface area contributed by atoms with Crippen LogP contribution < -0.4 is 14.8 Å². The first-order valence-electron chi connectivity index (χ1n) is 14.7. The number of aromatic nitrogens is 2. The van der Waals surface area contributed by atoms with Gasteiger partial charge >= 0.3 is 0 Å². The monoisotopic (exact) mass is 597 g/mol. The fraction of sp³-hybridized carbons (Fsp3) is 0.548. The van der Waals surface area contributed by atoms with Crippen LogP contribution in [-0.4, -0.2) is 100 Å². The molecule has 228 valence electrons. The molecule has 1 amide bonds. The predicted octanol–water partition coefficient (Wildman–Crippen LogP) is 4.80. The summed E-state index contributed by atoms with van der Waals surface area (Å²) in [6, 6.07) is 10.4. The molecule has 2 fully saturated rings. The molecule has 42 heavy (non-hydrogen) atoms. The third-order valence-corrected chi connectivity index (χ3v) is 10.0. The van der Waals surface area contributed by atoms with E-state index in [-0.39, 0.29) is 11.8 Å². The molecule has 3 aromatic rings. The van der Waals surface area contributed by atoms with Crippen LogP contribution in [0.15, 0.2) is 36.5 Å². The number of methoxy groups -OCH3 is 2. The maximum atomic E-state index is 14.8. The Labute approximate surface area is 248 Å². The molecule has 2 aliphatic rings. The summed E-state index contributed by atoms with van der Waals surface area (Å²) >= 11 is 0. The van der Waals surface area contributed by atoms with Crippen molar-refractivity contribution in [1.29, 1.82) is 0 Å². The second kappa shape index (κ2) is 12.7. The Morgan fingerprint density at radius 2 is 1.76 bits per heavy atom. The van der Waals surface area contributed by atoms with Gasteiger partial charge in [0.2, 0.25) is 5.91 Å². The van der Waals surface area contributed by atoms with Crippen LogP contribution >= 0.6 is 0 Å². The maximum absolute atomic E-state index is 14.8. The van der Waals surface area contributed by atoms with Crippen molar-refractivity contribution in [3.05, 3.63) is 36.5 Å². The maximum Gasteiger partial charge on any atom is 0.232 e. The normalized spacial score (nSPS) is 21.5. The third-order valence-electron chi connectivity index (χ3n) is 8.34. The summed E-state index contributed by atoms with van der Waals surface area (Å²) < 4.78 is 34.2. The Morgan fingerprint density at radius 3 is 2.40 bits per heavy atom. The number of nitrogens with zero attached hydrogens (tertiary/aromatic N) is 4. The number of carbonyl (C=O) groups excluding carboxylic acids is 1. The molecular formula is C31H44FN5O4Si. The van der Waals surface area contributed by atoms with Gasteiger partial charge in [0, 0.05) is 70.5 Å².